The summed E-state index contributed by atoms with van der Waals surface area (Å²) >= 11 is 0. The molecule has 1 aliphatic rings. The molecule has 36 heavy (non-hydrogen) atoms. The molecule has 0 saturated carbocycles. The number of fused-ring (bicyclic) bond motifs is 1. The number of ether oxygens (including phenoxy) is 2. The van der Waals surface area contributed by atoms with Crippen molar-refractivity contribution < 1.29 is 24.2 Å². The average Bonchev–Trinajstić information content (AvgIpc) is 2.84. The van der Waals surface area contributed by atoms with Gasteiger partial charge in [0.05, 0.1) is 17.6 Å². The fourth-order valence-corrected chi connectivity index (χ4v) is 4.21. The van der Waals surface area contributed by atoms with E-state index < -0.39 is 11.4 Å². The smallest absolute Gasteiger partial charge is 0.313 e. The van der Waals surface area contributed by atoms with Crippen LogP contribution < -0.4 is 19.7 Å². The summed E-state index contributed by atoms with van der Waals surface area (Å²) in [6.45, 7) is 8.12. The fourth-order valence-electron chi connectivity index (χ4n) is 4.21. The summed E-state index contributed by atoms with van der Waals surface area (Å²) in [5.41, 5.74) is 3.35. The normalized spacial score (nSPS) is 15.0. The van der Waals surface area contributed by atoms with Crippen LogP contribution in [0.1, 0.15) is 40.9 Å². The largest absolute Gasteiger partial charge is 0.490 e. The number of nitrogens with one attached hydrogen (secondary N) is 1. The molecule has 1 heterocycles. The minimum absolute atomic E-state index is 0.113. The number of anilines is 2. The van der Waals surface area contributed by atoms with Crippen molar-refractivity contribution in [2.45, 2.75) is 39.2 Å². The van der Waals surface area contributed by atoms with E-state index in [2.05, 4.69) is 10.2 Å². The van der Waals surface area contributed by atoms with Crippen molar-refractivity contribution in [1.82, 2.24) is 0 Å². The first kappa shape index (κ1) is 25.1. The molecular formula is C29H32N2O5. The number of rotatable bonds is 7. The highest BCUT2D eigenvalue weighted by Gasteiger charge is 2.30. The van der Waals surface area contributed by atoms with Crippen LogP contribution in [0.25, 0.3) is 0 Å². The zero-order valence-electron chi connectivity index (χ0n) is 21.3. The third-order valence-corrected chi connectivity index (χ3v) is 6.67. The predicted octanol–water partition coefficient (Wildman–Crippen LogP) is 5.19. The Balaban J connectivity index is 1.43. The van der Waals surface area contributed by atoms with Crippen LogP contribution in [-0.2, 0) is 10.2 Å². The summed E-state index contributed by atoms with van der Waals surface area (Å²) in [6, 6.07) is 18.6. The van der Waals surface area contributed by atoms with Gasteiger partial charge in [0.1, 0.15) is 24.2 Å². The second-order valence-electron chi connectivity index (χ2n) is 9.79. The van der Waals surface area contributed by atoms with Crippen LogP contribution in [0.5, 0.6) is 11.5 Å². The molecule has 2 N–H and O–H groups in total. The first-order chi connectivity index (χ1) is 17.1. The van der Waals surface area contributed by atoms with Crippen molar-refractivity contribution >= 4 is 23.3 Å². The quantitative estimate of drug-likeness (QED) is 0.476. The Kier molecular flexibility index (Phi) is 6.93. The molecule has 0 fully saturated rings. The fraction of sp³-hybridized carbons (Fsp3) is 0.310. The number of likely N-dealkylation sites (N-methyl/N-ethyl adjacent to an activating group) is 1. The maximum atomic E-state index is 13.1. The van der Waals surface area contributed by atoms with Crippen LogP contribution >= 0.6 is 0 Å². The van der Waals surface area contributed by atoms with Gasteiger partial charge in [-0.2, -0.15) is 0 Å². The average molecular weight is 489 g/mol. The zero-order chi connectivity index (χ0) is 26.0. The Morgan fingerprint density at radius 2 is 1.83 bits per heavy atom. The van der Waals surface area contributed by atoms with Crippen LogP contribution in [0.3, 0.4) is 0 Å². The maximum absolute atomic E-state index is 13.1. The Morgan fingerprint density at radius 3 is 2.56 bits per heavy atom. The Hall–Kier alpha value is -4.00. The van der Waals surface area contributed by atoms with Gasteiger partial charge in [-0.25, -0.2) is 0 Å². The summed E-state index contributed by atoms with van der Waals surface area (Å²) in [7, 11) is 2.03. The van der Waals surface area contributed by atoms with Gasteiger partial charge in [0, 0.05) is 18.3 Å². The summed E-state index contributed by atoms with van der Waals surface area (Å²) in [6.07, 6.45) is -0.113. The second kappa shape index (κ2) is 9.93. The van der Waals surface area contributed by atoms with Crippen LogP contribution in [0.15, 0.2) is 60.7 Å². The summed E-state index contributed by atoms with van der Waals surface area (Å²) in [4.78, 5) is 26.9. The molecule has 0 unspecified atom stereocenters. The van der Waals surface area contributed by atoms with Gasteiger partial charge in [-0.05, 0) is 80.8 Å². The number of para-hydroxylation sites is 2. The van der Waals surface area contributed by atoms with Crippen molar-refractivity contribution in [2.24, 2.45) is 0 Å². The summed E-state index contributed by atoms with van der Waals surface area (Å²) in [5, 5.41) is 12.5. The van der Waals surface area contributed by atoms with Crippen molar-refractivity contribution in [3.8, 4) is 11.5 Å². The lowest BCUT2D eigenvalue weighted by Crippen LogP contribution is -2.41. The molecule has 3 aromatic carbocycles. The van der Waals surface area contributed by atoms with Gasteiger partial charge in [0.25, 0.3) is 5.91 Å². The van der Waals surface area contributed by atoms with Gasteiger partial charge in [-0.3, -0.25) is 9.59 Å². The van der Waals surface area contributed by atoms with Gasteiger partial charge in [0.15, 0.2) is 0 Å². The number of hydrogen-bond donors (Lipinski definition) is 2. The van der Waals surface area contributed by atoms with Crippen LogP contribution in [0, 0.1) is 13.8 Å². The Labute approximate surface area is 211 Å². The molecule has 0 aliphatic carbocycles. The van der Waals surface area contributed by atoms with Crippen molar-refractivity contribution in [2.75, 3.05) is 30.4 Å². The van der Waals surface area contributed by atoms with E-state index in [0.717, 1.165) is 22.6 Å². The van der Waals surface area contributed by atoms with E-state index in [-0.39, 0.29) is 12.0 Å². The highest BCUT2D eigenvalue weighted by molar-refractivity contribution is 6.05. The highest BCUT2D eigenvalue weighted by atomic mass is 16.5. The van der Waals surface area contributed by atoms with Crippen molar-refractivity contribution in [3.05, 3.63) is 82.9 Å². The summed E-state index contributed by atoms with van der Waals surface area (Å²) in [5.74, 6) is 0.315. The van der Waals surface area contributed by atoms with Gasteiger partial charge in [-0.1, -0.05) is 24.3 Å². The number of carbonyl (C=O) groups excluding carboxylic acids is 1. The van der Waals surface area contributed by atoms with E-state index in [9.17, 15) is 14.7 Å². The molecule has 4 rings (SSSR count). The number of hydrogen-bond acceptors (Lipinski definition) is 5. The molecule has 0 aromatic heterocycles. The van der Waals surface area contributed by atoms with Crippen molar-refractivity contribution in [1.29, 1.82) is 0 Å². The van der Waals surface area contributed by atoms with E-state index >= 15 is 0 Å². The molecule has 1 amide bonds. The molecular weight excluding hydrogens is 456 g/mol. The molecule has 1 aliphatic heterocycles. The molecule has 0 radical (unpaired) electrons. The first-order valence-corrected chi connectivity index (χ1v) is 11.9. The first-order valence-electron chi connectivity index (χ1n) is 11.9. The minimum atomic E-state index is -1.07. The number of aryl methyl sites for hydroxylation is 2. The number of nitrogens with zero attached hydrogens (tertiary/aromatic N) is 1. The molecule has 0 saturated heterocycles. The zero-order valence-corrected chi connectivity index (χ0v) is 21.3. The lowest BCUT2D eigenvalue weighted by molar-refractivity contribution is -0.142. The monoisotopic (exact) mass is 488 g/mol. The van der Waals surface area contributed by atoms with Gasteiger partial charge in [0.2, 0.25) is 0 Å². The number of amides is 1. The van der Waals surface area contributed by atoms with Crippen LogP contribution in [0.2, 0.25) is 0 Å². The second-order valence-corrected chi connectivity index (χ2v) is 9.79. The minimum Gasteiger partial charge on any atom is -0.490 e. The molecule has 1 atom stereocenters. The number of carboxylic acids is 1. The standard InChI is InChI=1S/C29H32N2O5/c1-18-10-11-20(29(3,4)28(33)34)15-24(18)30-27(32)23-13-12-21(14-19(23)2)35-17-22-16-31(5)25-8-6-7-9-26(25)36-22/h6-15,22H,16-17H2,1-5H3,(H,30,32)(H,33,34)/t22-/m0/s1. The molecule has 0 spiro atoms. The third kappa shape index (κ3) is 5.15. The van der Waals surface area contributed by atoms with Crippen molar-refractivity contribution in [3.63, 3.8) is 0 Å². The van der Waals surface area contributed by atoms with E-state index in [1.54, 1.807) is 38.1 Å². The molecule has 0 bridgehead atoms. The van der Waals surface area contributed by atoms with Gasteiger partial charge < -0.3 is 24.8 Å². The van der Waals surface area contributed by atoms with E-state index in [1.165, 1.54) is 0 Å². The third-order valence-electron chi connectivity index (χ3n) is 6.67. The van der Waals surface area contributed by atoms with E-state index in [4.69, 9.17) is 9.47 Å². The number of carbonyl (C=O) groups is 2. The summed E-state index contributed by atoms with van der Waals surface area (Å²) < 4.78 is 12.1. The van der Waals surface area contributed by atoms with Crippen LogP contribution in [-0.4, -0.2) is 43.3 Å². The van der Waals surface area contributed by atoms with E-state index in [1.807, 2.05) is 57.3 Å². The lowest BCUT2D eigenvalue weighted by atomic mass is 9.84. The molecule has 188 valence electrons. The molecule has 7 nitrogen and oxygen atoms in total. The number of carboxylic acid groups (broad SMARTS) is 1. The maximum Gasteiger partial charge on any atom is 0.313 e. The molecule has 7 heteroatoms. The Bertz CT molecular complexity index is 1300. The molecule has 3 aromatic rings. The SMILES string of the molecule is Cc1ccc(C(C)(C)C(=O)O)cc1NC(=O)c1ccc(OC[C@@H]2CN(C)c3ccccc3O2)cc1C. The van der Waals surface area contributed by atoms with Gasteiger partial charge >= 0.3 is 5.97 Å². The number of benzene rings is 3. The Morgan fingerprint density at radius 1 is 1.08 bits per heavy atom. The van der Waals surface area contributed by atoms with Gasteiger partial charge in [-0.15, -0.1) is 0 Å². The van der Waals surface area contributed by atoms with Crippen LogP contribution in [0.4, 0.5) is 11.4 Å². The predicted molar refractivity (Wildman–Crippen MR) is 141 cm³/mol. The highest BCUT2D eigenvalue weighted by Crippen LogP contribution is 2.32. The topological polar surface area (TPSA) is 88.1 Å². The van der Waals surface area contributed by atoms with E-state index in [0.29, 0.717) is 35.7 Å². The lowest BCUT2D eigenvalue weighted by Gasteiger charge is -2.33. The number of aliphatic carboxylic acids is 1.